The van der Waals surface area contributed by atoms with Crippen molar-refractivity contribution in [3.05, 3.63) is 0 Å². The van der Waals surface area contributed by atoms with Crippen molar-refractivity contribution in [2.45, 2.75) is 76.8 Å². The van der Waals surface area contributed by atoms with Crippen molar-refractivity contribution in [1.29, 1.82) is 0 Å². The third-order valence-electron chi connectivity index (χ3n) is 5.35. The van der Waals surface area contributed by atoms with Crippen molar-refractivity contribution in [2.24, 2.45) is 11.8 Å². The molecule has 0 radical (unpaired) electrons. The minimum absolute atomic E-state index is 0.0717. The maximum atomic E-state index is 12.7. The van der Waals surface area contributed by atoms with Crippen LogP contribution in [0.5, 0.6) is 0 Å². The third kappa shape index (κ3) is 3.58. The molecule has 3 aliphatic rings. The Kier molecular flexibility index (Phi) is 4.51. The maximum Gasteiger partial charge on any atom is 0.243 e. The number of rotatable bonds is 5. The van der Waals surface area contributed by atoms with Gasteiger partial charge < -0.3 is 10.2 Å². The number of likely N-dealkylation sites (tertiary alicyclic amines) is 1. The van der Waals surface area contributed by atoms with Gasteiger partial charge in [0.2, 0.25) is 11.8 Å². The first-order valence-corrected chi connectivity index (χ1v) is 8.76. The smallest absolute Gasteiger partial charge is 0.243 e. The lowest BCUT2D eigenvalue weighted by atomic mass is 9.93. The summed E-state index contributed by atoms with van der Waals surface area (Å²) in [7, 11) is 0. The highest BCUT2D eigenvalue weighted by Crippen LogP contribution is 2.32. The molecule has 3 fully saturated rings. The number of nitrogens with one attached hydrogen (secondary N) is 1. The van der Waals surface area contributed by atoms with Crippen LogP contribution >= 0.6 is 0 Å². The molecule has 0 aromatic carbocycles. The minimum Gasteiger partial charge on any atom is -0.352 e. The lowest BCUT2D eigenvalue weighted by Crippen LogP contribution is -2.48. The van der Waals surface area contributed by atoms with Crippen LogP contribution in [0.1, 0.15) is 64.7 Å². The fourth-order valence-corrected chi connectivity index (χ4v) is 3.96. The molecule has 1 saturated heterocycles. The molecule has 21 heavy (non-hydrogen) atoms. The predicted octanol–water partition coefficient (Wildman–Crippen LogP) is 2.47. The van der Waals surface area contributed by atoms with E-state index in [1.165, 1.54) is 25.7 Å². The molecule has 0 aromatic heterocycles. The van der Waals surface area contributed by atoms with E-state index in [4.69, 9.17) is 0 Å². The lowest BCUT2D eigenvalue weighted by Gasteiger charge is -2.27. The van der Waals surface area contributed by atoms with E-state index in [1.807, 2.05) is 4.90 Å². The molecule has 0 spiro atoms. The Balaban J connectivity index is 1.54. The van der Waals surface area contributed by atoms with Crippen molar-refractivity contribution in [3.63, 3.8) is 0 Å². The van der Waals surface area contributed by atoms with Gasteiger partial charge in [-0.2, -0.15) is 0 Å². The van der Waals surface area contributed by atoms with Gasteiger partial charge in [-0.1, -0.05) is 32.6 Å². The second-order valence-corrected chi connectivity index (χ2v) is 7.26. The summed E-state index contributed by atoms with van der Waals surface area (Å²) in [4.78, 5) is 26.8. The van der Waals surface area contributed by atoms with E-state index in [1.54, 1.807) is 0 Å². The molecule has 2 atom stereocenters. The molecular weight excluding hydrogens is 264 g/mol. The van der Waals surface area contributed by atoms with E-state index in [0.29, 0.717) is 6.04 Å². The van der Waals surface area contributed by atoms with E-state index in [9.17, 15) is 9.59 Å². The summed E-state index contributed by atoms with van der Waals surface area (Å²) in [5.74, 6) is 1.08. The number of nitrogens with zero attached hydrogens (tertiary/aromatic N) is 1. The molecule has 4 nitrogen and oxygen atoms in total. The molecule has 118 valence electrons. The first-order valence-electron chi connectivity index (χ1n) is 8.76. The minimum atomic E-state index is -0.205. The molecular formula is C17H28N2O2. The molecule has 1 aliphatic heterocycles. The van der Waals surface area contributed by atoms with Crippen LogP contribution in [0, 0.1) is 11.8 Å². The Bertz CT molecular complexity index is 400. The Hall–Kier alpha value is -1.06. The van der Waals surface area contributed by atoms with Gasteiger partial charge in [0.25, 0.3) is 0 Å². The van der Waals surface area contributed by atoms with Crippen LogP contribution in [-0.2, 0) is 9.59 Å². The van der Waals surface area contributed by atoms with E-state index >= 15 is 0 Å². The van der Waals surface area contributed by atoms with Crippen LogP contribution in [0.4, 0.5) is 0 Å². The zero-order valence-electron chi connectivity index (χ0n) is 13.1. The van der Waals surface area contributed by atoms with Gasteiger partial charge in [-0.15, -0.1) is 0 Å². The highest BCUT2D eigenvalue weighted by Gasteiger charge is 2.38. The van der Waals surface area contributed by atoms with Gasteiger partial charge in [-0.25, -0.2) is 0 Å². The molecule has 0 bridgehead atoms. The molecule has 2 unspecified atom stereocenters. The summed E-state index contributed by atoms with van der Waals surface area (Å²) >= 11 is 0. The fraction of sp³-hybridized carbons (Fsp3) is 0.882. The van der Waals surface area contributed by atoms with Gasteiger partial charge in [-0.3, -0.25) is 9.59 Å². The summed E-state index contributed by atoms with van der Waals surface area (Å²) in [5.41, 5.74) is 0. The Labute approximate surface area is 127 Å². The van der Waals surface area contributed by atoms with Crippen molar-refractivity contribution in [2.75, 3.05) is 6.54 Å². The fourth-order valence-electron chi connectivity index (χ4n) is 3.96. The summed E-state index contributed by atoms with van der Waals surface area (Å²) in [6, 6.07) is 0.176. The standard InChI is InChI=1S/C17H28N2O2/c1-12(11-13-5-2-3-6-13)17(21)19-10-4-7-15(19)16(20)18-14-8-9-14/h12-15H,2-11H2,1H3,(H,18,20). The number of carbonyl (C=O) groups is 2. The topological polar surface area (TPSA) is 49.4 Å². The highest BCUT2D eigenvalue weighted by molar-refractivity contribution is 5.89. The zero-order valence-corrected chi connectivity index (χ0v) is 13.1. The quantitative estimate of drug-likeness (QED) is 0.846. The van der Waals surface area contributed by atoms with Gasteiger partial charge in [0.05, 0.1) is 0 Å². The monoisotopic (exact) mass is 292 g/mol. The zero-order chi connectivity index (χ0) is 14.8. The molecule has 1 N–H and O–H groups in total. The van der Waals surface area contributed by atoms with Gasteiger partial charge in [0.15, 0.2) is 0 Å². The highest BCUT2D eigenvalue weighted by atomic mass is 16.2. The van der Waals surface area contributed by atoms with Gasteiger partial charge in [-0.05, 0) is 38.0 Å². The first-order chi connectivity index (χ1) is 10.1. The average Bonchev–Trinajstić information content (AvgIpc) is 2.96. The number of carbonyl (C=O) groups excluding carboxylic acids is 2. The van der Waals surface area contributed by atoms with E-state index < -0.39 is 0 Å². The van der Waals surface area contributed by atoms with Crippen molar-refractivity contribution >= 4 is 11.8 Å². The van der Waals surface area contributed by atoms with Crippen molar-refractivity contribution in [3.8, 4) is 0 Å². The van der Waals surface area contributed by atoms with Crippen molar-refractivity contribution in [1.82, 2.24) is 10.2 Å². The SMILES string of the molecule is CC(CC1CCCC1)C(=O)N1CCCC1C(=O)NC1CC1. The first kappa shape index (κ1) is 14.9. The average molecular weight is 292 g/mol. The van der Waals surface area contributed by atoms with Crippen LogP contribution < -0.4 is 5.32 Å². The van der Waals surface area contributed by atoms with Crippen molar-refractivity contribution < 1.29 is 9.59 Å². The molecule has 2 aliphatic carbocycles. The van der Waals surface area contributed by atoms with E-state index in [-0.39, 0.29) is 23.8 Å². The second kappa shape index (κ2) is 6.37. The van der Waals surface area contributed by atoms with Gasteiger partial charge >= 0.3 is 0 Å². The van der Waals surface area contributed by atoms with Crippen LogP contribution in [0.3, 0.4) is 0 Å². The summed E-state index contributed by atoms with van der Waals surface area (Å²) in [5, 5.41) is 3.06. The number of hydrogen-bond donors (Lipinski definition) is 1. The molecule has 3 rings (SSSR count). The summed E-state index contributed by atoms with van der Waals surface area (Å²) in [6.45, 7) is 2.81. The lowest BCUT2D eigenvalue weighted by molar-refractivity contribution is -0.141. The molecule has 0 aromatic rings. The number of amides is 2. The van der Waals surface area contributed by atoms with Crippen LogP contribution in [0.2, 0.25) is 0 Å². The molecule has 2 amide bonds. The predicted molar refractivity (Wildman–Crippen MR) is 81.6 cm³/mol. The normalized spacial score (nSPS) is 27.9. The van der Waals surface area contributed by atoms with Gasteiger partial charge in [0.1, 0.15) is 6.04 Å². The van der Waals surface area contributed by atoms with Crippen LogP contribution in [0.15, 0.2) is 0 Å². The third-order valence-corrected chi connectivity index (χ3v) is 5.35. The van der Waals surface area contributed by atoms with Gasteiger partial charge in [0, 0.05) is 18.5 Å². The Morgan fingerprint density at radius 2 is 1.81 bits per heavy atom. The Morgan fingerprint density at radius 3 is 2.48 bits per heavy atom. The summed E-state index contributed by atoms with van der Waals surface area (Å²) < 4.78 is 0. The molecule has 1 heterocycles. The number of hydrogen-bond acceptors (Lipinski definition) is 2. The Morgan fingerprint density at radius 1 is 1.10 bits per heavy atom. The van der Waals surface area contributed by atoms with E-state index in [0.717, 1.165) is 44.6 Å². The second-order valence-electron chi connectivity index (χ2n) is 7.26. The largest absolute Gasteiger partial charge is 0.352 e. The summed E-state index contributed by atoms with van der Waals surface area (Å²) in [6.07, 6.45) is 10.2. The molecule has 4 heteroatoms. The van der Waals surface area contributed by atoms with Crippen LogP contribution in [-0.4, -0.2) is 35.3 Å². The van der Waals surface area contributed by atoms with E-state index in [2.05, 4.69) is 12.2 Å². The maximum absolute atomic E-state index is 12.7. The van der Waals surface area contributed by atoms with Crippen LogP contribution in [0.25, 0.3) is 0 Å². The molecule has 2 saturated carbocycles.